The van der Waals surface area contributed by atoms with E-state index < -0.39 is 0 Å². The molecule has 7 nitrogen and oxygen atoms in total. The second-order valence-electron chi connectivity index (χ2n) is 6.00. The number of hydrogen-bond donors (Lipinski definition) is 2. The number of likely N-dealkylation sites (tertiary alicyclic amines) is 1. The lowest BCUT2D eigenvalue weighted by molar-refractivity contribution is 0.170. The van der Waals surface area contributed by atoms with Gasteiger partial charge in [0.2, 0.25) is 0 Å². The highest BCUT2D eigenvalue weighted by Gasteiger charge is 2.30. The summed E-state index contributed by atoms with van der Waals surface area (Å²) >= 11 is 0. The minimum atomic E-state index is -0.0537. The monoisotopic (exact) mass is 328 g/mol. The zero-order valence-electron chi connectivity index (χ0n) is 13.3. The van der Waals surface area contributed by atoms with Crippen LogP contribution in [0.15, 0.2) is 30.5 Å². The van der Waals surface area contributed by atoms with Gasteiger partial charge < -0.3 is 19.7 Å². The molecule has 7 heteroatoms. The first kappa shape index (κ1) is 14.9. The van der Waals surface area contributed by atoms with Gasteiger partial charge in [-0.25, -0.2) is 4.79 Å². The lowest BCUT2D eigenvalue weighted by atomic mass is 10.0. The fraction of sp³-hybridized carbons (Fsp3) is 0.412. The zero-order valence-corrected chi connectivity index (χ0v) is 13.3. The lowest BCUT2D eigenvalue weighted by Gasteiger charge is -2.26. The van der Waals surface area contributed by atoms with Crippen molar-refractivity contribution in [1.82, 2.24) is 20.4 Å². The molecule has 1 atom stereocenters. The molecule has 1 aromatic heterocycles. The molecule has 2 N–H and O–H groups in total. The fourth-order valence-electron chi connectivity index (χ4n) is 3.28. The molecule has 1 aromatic carbocycles. The summed E-state index contributed by atoms with van der Waals surface area (Å²) in [6.07, 6.45) is 3.63. The smallest absolute Gasteiger partial charge is 0.318 e. The van der Waals surface area contributed by atoms with Gasteiger partial charge in [0, 0.05) is 12.7 Å². The highest BCUT2D eigenvalue weighted by Crippen LogP contribution is 2.38. The Morgan fingerprint density at radius 3 is 3.00 bits per heavy atom. The SMILES string of the molecule is O=C(NCc1ccn[nH]1)N1CCCC1c1ccc2c(c1)OCCO2. The van der Waals surface area contributed by atoms with E-state index in [1.165, 1.54) is 0 Å². The molecule has 0 radical (unpaired) electrons. The molecular formula is C17H20N4O3. The Morgan fingerprint density at radius 1 is 1.29 bits per heavy atom. The van der Waals surface area contributed by atoms with Crippen LogP contribution in [-0.2, 0) is 6.54 Å². The van der Waals surface area contributed by atoms with Crippen LogP contribution < -0.4 is 14.8 Å². The van der Waals surface area contributed by atoms with Crippen LogP contribution in [0, 0.1) is 0 Å². The molecule has 24 heavy (non-hydrogen) atoms. The van der Waals surface area contributed by atoms with Crippen LogP contribution >= 0.6 is 0 Å². The molecule has 126 valence electrons. The summed E-state index contributed by atoms with van der Waals surface area (Å²) < 4.78 is 11.2. The van der Waals surface area contributed by atoms with E-state index in [2.05, 4.69) is 15.5 Å². The largest absolute Gasteiger partial charge is 0.486 e. The first-order chi connectivity index (χ1) is 11.8. The molecule has 2 aromatic rings. The number of carbonyl (C=O) groups is 1. The number of aromatic nitrogens is 2. The summed E-state index contributed by atoms with van der Waals surface area (Å²) in [5.74, 6) is 1.54. The normalized spacial score (nSPS) is 19.3. The number of rotatable bonds is 3. The average molecular weight is 328 g/mol. The standard InChI is InChI=1S/C17H20N4O3/c22-17(18-11-13-5-6-19-20-13)21-7-1-2-14(21)12-3-4-15-16(10-12)24-9-8-23-15/h3-6,10,14H,1-2,7-9,11H2,(H,18,22)(H,19,20). The molecule has 0 bridgehead atoms. The van der Waals surface area contributed by atoms with Crippen molar-refractivity contribution in [1.29, 1.82) is 0 Å². The molecule has 2 aliphatic heterocycles. The van der Waals surface area contributed by atoms with Crippen LogP contribution in [0.5, 0.6) is 11.5 Å². The van der Waals surface area contributed by atoms with Gasteiger partial charge >= 0.3 is 6.03 Å². The molecule has 2 aliphatic rings. The molecule has 1 saturated heterocycles. The van der Waals surface area contributed by atoms with Gasteiger partial charge in [0.1, 0.15) is 13.2 Å². The fourth-order valence-corrected chi connectivity index (χ4v) is 3.28. The number of benzene rings is 1. The quantitative estimate of drug-likeness (QED) is 0.905. The predicted molar refractivity (Wildman–Crippen MR) is 86.9 cm³/mol. The van der Waals surface area contributed by atoms with Crippen molar-refractivity contribution in [3.63, 3.8) is 0 Å². The van der Waals surface area contributed by atoms with Crippen molar-refractivity contribution >= 4 is 6.03 Å². The summed E-state index contributed by atoms with van der Waals surface area (Å²) in [4.78, 5) is 14.4. The van der Waals surface area contributed by atoms with Crippen LogP contribution in [-0.4, -0.2) is 40.9 Å². The minimum Gasteiger partial charge on any atom is -0.486 e. The van der Waals surface area contributed by atoms with E-state index in [9.17, 15) is 4.79 Å². The number of H-pyrrole nitrogens is 1. The van der Waals surface area contributed by atoms with E-state index in [1.807, 2.05) is 29.2 Å². The first-order valence-electron chi connectivity index (χ1n) is 8.23. The molecule has 4 rings (SSSR count). The Balaban J connectivity index is 1.47. The number of aromatic amines is 1. The van der Waals surface area contributed by atoms with Gasteiger partial charge in [-0.15, -0.1) is 0 Å². The van der Waals surface area contributed by atoms with Crippen molar-refractivity contribution in [3.05, 3.63) is 41.7 Å². The number of ether oxygens (including phenoxy) is 2. The lowest BCUT2D eigenvalue weighted by Crippen LogP contribution is -2.39. The van der Waals surface area contributed by atoms with Crippen LogP contribution in [0.4, 0.5) is 4.79 Å². The third-order valence-corrected chi connectivity index (χ3v) is 4.45. The molecule has 1 unspecified atom stereocenters. The van der Waals surface area contributed by atoms with Crippen molar-refractivity contribution < 1.29 is 14.3 Å². The third kappa shape index (κ3) is 2.89. The predicted octanol–water partition coefficient (Wildman–Crippen LogP) is 2.23. The highest BCUT2D eigenvalue weighted by atomic mass is 16.6. The maximum absolute atomic E-state index is 12.5. The Morgan fingerprint density at radius 2 is 2.17 bits per heavy atom. The molecule has 0 aliphatic carbocycles. The van der Waals surface area contributed by atoms with Gasteiger partial charge in [-0.2, -0.15) is 5.10 Å². The molecule has 1 fully saturated rings. The highest BCUT2D eigenvalue weighted by molar-refractivity contribution is 5.75. The van der Waals surface area contributed by atoms with E-state index in [1.54, 1.807) is 6.20 Å². The number of nitrogens with one attached hydrogen (secondary N) is 2. The number of carbonyl (C=O) groups excluding carboxylic acids is 1. The maximum atomic E-state index is 12.5. The summed E-state index contributed by atoms with van der Waals surface area (Å²) in [6.45, 7) is 2.35. The topological polar surface area (TPSA) is 79.5 Å². The number of fused-ring (bicyclic) bond motifs is 1. The van der Waals surface area contributed by atoms with Crippen molar-refractivity contribution in [2.24, 2.45) is 0 Å². The molecule has 0 saturated carbocycles. The first-order valence-corrected chi connectivity index (χ1v) is 8.23. The van der Waals surface area contributed by atoms with Gasteiger partial charge in [0.15, 0.2) is 11.5 Å². The molecule has 3 heterocycles. The van der Waals surface area contributed by atoms with Crippen molar-refractivity contribution in [2.45, 2.75) is 25.4 Å². The van der Waals surface area contributed by atoms with Crippen molar-refractivity contribution in [3.8, 4) is 11.5 Å². The van der Waals surface area contributed by atoms with Crippen LogP contribution in [0.25, 0.3) is 0 Å². The van der Waals surface area contributed by atoms with Gasteiger partial charge in [0.25, 0.3) is 0 Å². The van der Waals surface area contributed by atoms with Crippen LogP contribution in [0.2, 0.25) is 0 Å². The molecule has 2 amide bonds. The number of nitrogens with zero attached hydrogens (tertiary/aromatic N) is 2. The Bertz CT molecular complexity index is 717. The van der Waals surface area contributed by atoms with Crippen LogP contribution in [0.1, 0.15) is 30.1 Å². The summed E-state index contributed by atoms with van der Waals surface area (Å²) in [5.41, 5.74) is 1.98. The number of urea groups is 1. The van der Waals surface area contributed by atoms with E-state index in [0.717, 1.165) is 42.1 Å². The maximum Gasteiger partial charge on any atom is 0.318 e. The Kier molecular flexibility index (Phi) is 3.98. The van der Waals surface area contributed by atoms with Gasteiger partial charge in [-0.05, 0) is 36.6 Å². The minimum absolute atomic E-state index is 0.0537. The molecular weight excluding hydrogens is 308 g/mol. The summed E-state index contributed by atoms with van der Waals surface area (Å²) in [5, 5.41) is 9.68. The number of hydrogen-bond acceptors (Lipinski definition) is 4. The van der Waals surface area contributed by atoms with Gasteiger partial charge in [-0.3, -0.25) is 5.10 Å². The van der Waals surface area contributed by atoms with Crippen molar-refractivity contribution in [2.75, 3.05) is 19.8 Å². The van der Waals surface area contributed by atoms with Gasteiger partial charge in [0.05, 0.1) is 18.3 Å². The number of amides is 2. The van der Waals surface area contributed by atoms with Gasteiger partial charge in [-0.1, -0.05) is 6.07 Å². The van der Waals surface area contributed by atoms with E-state index >= 15 is 0 Å². The van der Waals surface area contributed by atoms with E-state index in [4.69, 9.17) is 9.47 Å². The second-order valence-corrected chi connectivity index (χ2v) is 6.00. The average Bonchev–Trinajstić information content (AvgIpc) is 3.31. The Hall–Kier alpha value is -2.70. The van der Waals surface area contributed by atoms with E-state index in [0.29, 0.717) is 19.8 Å². The summed E-state index contributed by atoms with van der Waals surface area (Å²) in [6, 6.07) is 7.83. The summed E-state index contributed by atoms with van der Waals surface area (Å²) in [7, 11) is 0. The van der Waals surface area contributed by atoms with Crippen LogP contribution in [0.3, 0.4) is 0 Å². The second kappa shape index (κ2) is 6.43. The molecule has 0 spiro atoms. The van der Waals surface area contributed by atoms with E-state index in [-0.39, 0.29) is 12.1 Å². The zero-order chi connectivity index (χ0) is 16.4. The third-order valence-electron chi connectivity index (χ3n) is 4.45. The Labute approximate surface area is 139 Å².